The summed E-state index contributed by atoms with van der Waals surface area (Å²) in [7, 11) is 0. The Balaban J connectivity index is 2.14. The van der Waals surface area contributed by atoms with Gasteiger partial charge >= 0.3 is 0 Å². The van der Waals surface area contributed by atoms with E-state index >= 15 is 0 Å². The maximum Gasteiger partial charge on any atom is 0.264 e. The van der Waals surface area contributed by atoms with E-state index in [0.717, 1.165) is 11.1 Å². The molecule has 0 bridgehead atoms. The Morgan fingerprint density at radius 3 is 2.40 bits per heavy atom. The Bertz CT molecular complexity index is 851. The molecule has 0 fully saturated rings. The number of benzene rings is 1. The number of rotatable bonds is 6. The van der Waals surface area contributed by atoms with Gasteiger partial charge in [-0.05, 0) is 39.3 Å². The summed E-state index contributed by atoms with van der Waals surface area (Å²) in [6.45, 7) is 6.36. The lowest BCUT2D eigenvalue weighted by Crippen LogP contribution is -2.23. The summed E-state index contributed by atoms with van der Waals surface area (Å²) >= 11 is 0. The van der Waals surface area contributed by atoms with Gasteiger partial charge in [0.15, 0.2) is 12.4 Å². The molecule has 0 aliphatic rings. The Kier molecular flexibility index (Phi) is 5.26. The van der Waals surface area contributed by atoms with Crippen molar-refractivity contribution in [1.29, 1.82) is 0 Å². The van der Waals surface area contributed by atoms with Crippen molar-refractivity contribution < 1.29 is 23.5 Å². The molecule has 2 amide bonds. The number of ketones is 1. The van der Waals surface area contributed by atoms with Crippen molar-refractivity contribution >= 4 is 23.5 Å². The molecule has 0 saturated carbocycles. The summed E-state index contributed by atoms with van der Waals surface area (Å²) in [5.41, 5.74) is 7.23. The lowest BCUT2D eigenvalue weighted by molar-refractivity contribution is -0.118. The minimum Gasteiger partial charge on any atom is -0.483 e. The van der Waals surface area contributed by atoms with Crippen molar-refractivity contribution in [1.82, 2.24) is 0 Å². The molecule has 2 aromatic rings. The summed E-state index contributed by atoms with van der Waals surface area (Å²) in [6, 6.07) is 5.59. The molecule has 25 heavy (non-hydrogen) atoms. The third-order valence-electron chi connectivity index (χ3n) is 3.62. The lowest BCUT2D eigenvalue weighted by Gasteiger charge is -2.09. The second-order valence-corrected chi connectivity index (χ2v) is 5.76. The molecule has 0 unspecified atom stereocenters. The number of nitrogens with two attached hydrogens (primary N) is 1. The van der Waals surface area contributed by atoms with E-state index in [1.807, 2.05) is 26.0 Å². The number of furan rings is 1. The number of primary amides is 1. The normalized spacial score (nSPS) is 10.4. The first-order valence-electron chi connectivity index (χ1n) is 7.64. The topological polar surface area (TPSA) is 112 Å². The number of carbonyl (C=O) groups is 3. The highest BCUT2D eigenvalue weighted by Crippen LogP contribution is 2.27. The minimum absolute atomic E-state index is 0.0677. The number of Topliss-reactive ketones (excluding diaryl/α,β-unsaturated/α-hetero) is 1. The van der Waals surface area contributed by atoms with Crippen molar-refractivity contribution in [2.75, 3.05) is 11.9 Å². The van der Waals surface area contributed by atoms with Crippen molar-refractivity contribution in [2.45, 2.75) is 27.7 Å². The average molecular weight is 344 g/mol. The molecule has 0 aliphatic heterocycles. The van der Waals surface area contributed by atoms with Gasteiger partial charge in [0.1, 0.15) is 17.1 Å². The predicted octanol–water partition coefficient (Wildman–Crippen LogP) is 2.52. The zero-order valence-electron chi connectivity index (χ0n) is 14.6. The fourth-order valence-corrected chi connectivity index (χ4v) is 2.56. The van der Waals surface area contributed by atoms with E-state index in [0.29, 0.717) is 5.75 Å². The SMILES string of the molecule is CC(=O)c1c(C)oc(NC(=O)COc2ccc(C)cc2C)c1C(N)=O. The van der Waals surface area contributed by atoms with Crippen LogP contribution in [-0.4, -0.2) is 24.2 Å². The first kappa shape index (κ1) is 18.3. The molecule has 132 valence electrons. The molecule has 1 heterocycles. The van der Waals surface area contributed by atoms with Crippen LogP contribution in [0, 0.1) is 20.8 Å². The van der Waals surface area contributed by atoms with Crippen LogP contribution in [0.4, 0.5) is 5.88 Å². The maximum atomic E-state index is 12.1. The van der Waals surface area contributed by atoms with Crippen LogP contribution in [0.25, 0.3) is 0 Å². The molecule has 7 nitrogen and oxygen atoms in total. The van der Waals surface area contributed by atoms with Gasteiger partial charge in [0, 0.05) is 0 Å². The van der Waals surface area contributed by atoms with Gasteiger partial charge in [-0.1, -0.05) is 17.7 Å². The van der Waals surface area contributed by atoms with Crippen molar-refractivity contribution in [3.63, 3.8) is 0 Å². The smallest absolute Gasteiger partial charge is 0.264 e. The number of amides is 2. The molecular weight excluding hydrogens is 324 g/mol. The van der Waals surface area contributed by atoms with Gasteiger partial charge in [-0.2, -0.15) is 0 Å². The molecule has 0 aliphatic carbocycles. The fourth-order valence-electron chi connectivity index (χ4n) is 2.56. The number of nitrogens with one attached hydrogen (secondary N) is 1. The number of hydrogen-bond acceptors (Lipinski definition) is 5. The van der Waals surface area contributed by atoms with E-state index in [-0.39, 0.29) is 35.2 Å². The second-order valence-electron chi connectivity index (χ2n) is 5.76. The highest BCUT2D eigenvalue weighted by molar-refractivity contribution is 6.12. The first-order chi connectivity index (χ1) is 11.7. The third-order valence-corrected chi connectivity index (χ3v) is 3.62. The number of hydrogen-bond donors (Lipinski definition) is 2. The summed E-state index contributed by atoms with van der Waals surface area (Å²) in [6.07, 6.45) is 0. The summed E-state index contributed by atoms with van der Waals surface area (Å²) in [5.74, 6) is -1.12. The van der Waals surface area contributed by atoms with Crippen molar-refractivity contribution in [2.24, 2.45) is 5.73 Å². The first-order valence-corrected chi connectivity index (χ1v) is 7.64. The van der Waals surface area contributed by atoms with E-state index in [2.05, 4.69) is 5.32 Å². The third kappa shape index (κ3) is 4.06. The largest absolute Gasteiger partial charge is 0.483 e. The van der Waals surface area contributed by atoms with Crippen LogP contribution in [0.5, 0.6) is 5.75 Å². The van der Waals surface area contributed by atoms with E-state index in [1.165, 1.54) is 13.8 Å². The van der Waals surface area contributed by atoms with Crippen LogP contribution in [0.1, 0.15) is 44.5 Å². The molecule has 2 rings (SSSR count). The highest BCUT2D eigenvalue weighted by atomic mass is 16.5. The standard InChI is InChI=1S/C18H20N2O5/c1-9-5-6-13(10(2)7-9)24-8-14(22)20-18-16(17(19)23)15(11(3)21)12(4)25-18/h5-7H,8H2,1-4H3,(H2,19,23)(H,20,22). The maximum absolute atomic E-state index is 12.1. The molecule has 0 radical (unpaired) electrons. The van der Waals surface area contributed by atoms with Gasteiger partial charge in [-0.25, -0.2) is 0 Å². The Morgan fingerprint density at radius 1 is 1.16 bits per heavy atom. The summed E-state index contributed by atoms with van der Waals surface area (Å²) < 4.78 is 10.8. The van der Waals surface area contributed by atoms with Gasteiger partial charge < -0.3 is 14.9 Å². The predicted molar refractivity (Wildman–Crippen MR) is 92.0 cm³/mol. The van der Waals surface area contributed by atoms with Gasteiger partial charge in [0.25, 0.3) is 11.8 Å². The zero-order valence-corrected chi connectivity index (χ0v) is 14.6. The van der Waals surface area contributed by atoms with Crippen LogP contribution < -0.4 is 15.8 Å². The van der Waals surface area contributed by atoms with Gasteiger partial charge in [-0.15, -0.1) is 0 Å². The molecule has 0 spiro atoms. The van der Waals surface area contributed by atoms with Gasteiger partial charge in [0.2, 0.25) is 5.88 Å². The number of carbonyl (C=O) groups excluding carboxylic acids is 3. The summed E-state index contributed by atoms with van der Waals surface area (Å²) in [4.78, 5) is 35.4. The Hall–Kier alpha value is -3.09. The van der Waals surface area contributed by atoms with Crippen LogP contribution in [0.2, 0.25) is 0 Å². The van der Waals surface area contributed by atoms with Gasteiger partial charge in [0.05, 0.1) is 5.56 Å². The fraction of sp³-hybridized carbons (Fsp3) is 0.278. The number of ether oxygens (including phenoxy) is 1. The Labute approximate surface area is 145 Å². The molecule has 1 aromatic carbocycles. The minimum atomic E-state index is -0.854. The van der Waals surface area contributed by atoms with E-state index in [9.17, 15) is 14.4 Å². The molecular formula is C18H20N2O5. The van der Waals surface area contributed by atoms with E-state index in [4.69, 9.17) is 14.9 Å². The van der Waals surface area contributed by atoms with Crippen LogP contribution in [-0.2, 0) is 4.79 Å². The molecule has 0 atom stereocenters. The van der Waals surface area contributed by atoms with E-state index < -0.39 is 11.8 Å². The quantitative estimate of drug-likeness (QED) is 0.782. The zero-order chi connectivity index (χ0) is 18.7. The van der Waals surface area contributed by atoms with E-state index in [1.54, 1.807) is 6.07 Å². The number of anilines is 1. The highest BCUT2D eigenvalue weighted by Gasteiger charge is 2.26. The molecule has 1 aromatic heterocycles. The van der Waals surface area contributed by atoms with Crippen molar-refractivity contribution in [3.05, 3.63) is 46.2 Å². The molecule has 7 heteroatoms. The molecule has 3 N–H and O–H groups in total. The summed E-state index contributed by atoms with van der Waals surface area (Å²) in [5, 5.41) is 2.43. The van der Waals surface area contributed by atoms with Crippen molar-refractivity contribution in [3.8, 4) is 5.75 Å². The lowest BCUT2D eigenvalue weighted by atomic mass is 10.1. The van der Waals surface area contributed by atoms with Crippen LogP contribution in [0.15, 0.2) is 22.6 Å². The van der Waals surface area contributed by atoms with Gasteiger partial charge in [-0.3, -0.25) is 19.7 Å². The monoisotopic (exact) mass is 344 g/mol. The average Bonchev–Trinajstić information content (AvgIpc) is 2.82. The molecule has 0 saturated heterocycles. The second kappa shape index (κ2) is 7.21. The van der Waals surface area contributed by atoms with Crippen LogP contribution in [0.3, 0.4) is 0 Å². The van der Waals surface area contributed by atoms with Crippen LogP contribution >= 0.6 is 0 Å². The Morgan fingerprint density at radius 2 is 1.84 bits per heavy atom. The number of aryl methyl sites for hydroxylation is 3.